The summed E-state index contributed by atoms with van der Waals surface area (Å²) in [5.41, 5.74) is 2.42. The van der Waals surface area contributed by atoms with Gasteiger partial charge in [0.1, 0.15) is 12.3 Å². The molecule has 9 nitrogen and oxygen atoms in total. The quantitative estimate of drug-likeness (QED) is 0.244. The van der Waals surface area contributed by atoms with Crippen molar-refractivity contribution in [1.82, 2.24) is 15.0 Å². The number of carbonyl (C=O) groups is 2. The molecule has 164 valence electrons. The topological polar surface area (TPSA) is 105 Å². The van der Waals surface area contributed by atoms with E-state index in [4.69, 9.17) is 9.47 Å². The Morgan fingerprint density at radius 2 is 1.62 bits per heavy atom. The lowest BCUT2D eigenvalue weighted by molar-refractivity contribution is -0.138. The summed E-state index contributed by atoms with van der Waals surface area (Å²) in [6.07, 6.45) is 0.940. The summed E-state index contributed by atoms with van der Waals surface area (Å²) in [6, 6.07) is 18.4. The third-order valence-electron chi connectivity index (χ3n) is 4.30. The van der Waals surface area contributed by atoms with Crippen molar-refractivity contribution in [3.05, 3.63) is 89.4 Å². The van der Waals surface area contributed by atoms with Crippen LogP contribution in [0.3, 0.4) is 0 Å². The van der Waals surface area contributed by atoms with E-state index in [0.717, 1.165) is 11.8 Å². The number of hydrogen-bond acceptors (Lipinski definition) is 8. The number of nitrogens with zero attached hydrogens (tertiary/aromatic N) is 4. The van der Waals surface area contributed by atoms with Crippen LogP contribution in [0, 0.1) is 6.92 Å². The van der Waals surface area contributed by atoms with Crippen LogP contribution in [-0.4, -0.2) is 47.0 Å². The second kappa shape index (κ2) is 10.7. The molecule has 0 aliphatic rings. The van der Waals surface area contributed by atoms with Gasteiger partial charge in [0, 0.05) is 5.56 Å². The van der Waals surface area contributed by atoms with Gasteiger partial charge in [-0.3, -0.25) is 0 Å². The van der Waals surface area contributed by atoms with Crippen LogP contribution in [0.5, 0.6) is 0 Å². The Hall–Kier alpha value is -4.27. The maximum Gasteiger partial charge on any atom is 0.357 e. The molecule has 0 amide bonds. The van der Waals surface area contributed by atoms with E-state index in [1.807, 2.05) is 43.3 Å². The SMILES string of the molecule is COC(=O)/C=C(/N=C(OCc1nn(-c2ccccc2)nc1C)c1ccccc1)C(=O)OC. The van der Waals surface area contributed by atoms with E-state index in [2.05, 4.69) is 19.9 Å². The Kier molecular flexibility index (Phi) is 7.47. The highest BCUT2D eigenvalue weighted by Gasteiger charge is 2.17. The van der Waals surface area contributed by atoms with Crippen LogP contribution in [0.4, 0.5) is 0 Å². The molecule has 0 N–H and O–H groups in total. The van der Waals surface area contributed by atoms with Crippen molar-refractivity contribution in [2.24, 2.45) is 4.99 Å². The van der Waals surface area contributed by atoms with Gasteiger partial charge in [-0.25, -0.2) is 14.6 Å². The predicted molar refractivity (Wildman–Crippen MR) is 116 cm³/mol. The number of aromatic nitrogens is 3. The van der Waals surface area contributed by atoms with Crippen LogP contribution in [-0.2, 0) is 30.4 Å². The molecule has 2 aromatic carbocycles. The molecule has 0 fully saturated rings. The first-order valence-electron chi connectivity index (χ1n) is 9.65. The van der Waals surface area contributed by atoms with Gasteiger partial charge in [0.25, 0.3) is 0 Å². The first kappa shape index (κ1) is 22.4. The van der Waals surface area contributed by atoms with Crippen molar-refractivity contribution in [2.45, 2.75) is 13.5 Å². The summed E-state index contributed by atoms with van der Waals surface area (Å²) in [6.45, 7) is 1.86. The van der Waals surface area contributed by atoms with Gasteiger partial charge in [0.2, 0.25) is 5.90 Å². The highest BCUT2D eigenvalue weighted by atomic mass is 16.5. The maximum atomic E-state index is 12.1. The molecule has 0 atom stereocenters. The average molecular weight is 434 g/mol. The van der Waals surface area contributed by atoms with Gasteiger partial charge in [-0.2, -0.15) is 9.90 Å². The molecule has 0 saturated carbocycles. The van der Waals surface area contributed by atoms with Crippen LogP contribution >= 0.6 is 0 Å². The largest absolute Gasteiger partial charge is 0.471 e. The monoisotopic (exact) mass is 434 g/mol. The van der Waals surface area contributed by atoms with E-state index in [1.54, 1.807) is 24.3 Å². The summed E-state index contributed by atoms with van der Waals surface area (Å²) in [7, 11) is 2.39. The van der Waals surface area contributed by atoms with Crippen molar-refractivity contribution < 1.29 is 23.8 Å². The van der Waals surface area contributed by atoms with Crippen LogP contribution < -0.4 is 0 Å². The Labute approximate surface area is 184 Å². The zero-order chi connectivity index (χ0) is 22.9. The number of carbonyl (C=O) groups excluding carboxylic acids is 2. The number of aryl methyl sites for hydroxylation is 1. The van der Waals surface area contributed by atoms with Gasteiger partial charge in [-0.1, -0.05) is 36.4 Å². The third kappa shape index (κ3) is 5.66. The number of aliphatic imine (C=N–C) groups is 1. The first-order chi connectivity index (χ1) is 15.5. The van der Waals surface area contributed by atoms with Gasteiger partial charge in [-0.15, -0.1) is 5.10 Å². The second-order valence-electron chi connectivity index (χ2n) is 6.47. The lowest BCUT2D eigenvalue weighted by Gasteiger charge is -2.10. The van der Waals surface area contributed by atoms with Crippen molar-refractivity contribution in [3.63, 3.8) is 0 Å². The highest BCUT2D eigenvalue weighted by Crippen LogP contribution is 2.13. The van der Waals surface area contributed by atoms with E-state index < -0.39 is 11.9 Å². The lowest BCUT2D eigenvalue weighted by atomic mass is 10.2. The summed E-state index contributed by atoms with van der Waals surface area (Å²) >= 11 is 0. The fourth-order valence-corrected chi connectivity index (χ4v) is 2.64. The number of para-hydroxylation sites is 1. The molecule has 3 rings (SSSR count). The van der Waals surface area contributed by atoms with Crippen molar-refractivity contribution >= 4 is 17.8 Å². The zero-order valence-corrected chi connectivity index (χ0v) is 17.9. The summed E-state index contributed by atoms with van der Waals surface area (Å²) < 4.78 is 15.2. The molecule has 0 bridgehead atoms. The summed E-state index contributed by atoms with van der Waals surface area (Å²) in [5, 5.41) is 8.91. The summed E-state index contributed by atoms with van der Waals surface area (Å²) in [4.78, 5) is 29.6. The molecule has 0 spiro atoms. The number of rotatable bonds is 7. The highest BCUT2D eigenvalue weighted by molar-refractivity contribution is 6.01. The van der Waals surface area contributed by atoms with Crippen LogP contribution in [0.25, 0.3) is 5.69 Å². The first-order valence-corrected chi connectivity index (χ1v) is 9.65. The Balaban J connectivity index is 1.92. The van der Waals surface area contributed by atoms with Crippen LogP contribution in [0.1, 0.15) is 17.0 Å². The molecule has 32 heavy (non-hydrogen) atoms. The molecular weight excluding hydrogens is 412 g/mol. The normalized spacial score (nSPS) is 11.7. The van der Waals surface area contributed by atoms with E-state index in [1.165, 1.54) is 19.0 Å². The Bertz CT molecular complexity index is 1140. The smallest absolute Gasteiger partial charge is 0.357 e. The molecule has 0 aliphatic carbocycles. The number of benzene rings is 2. The second-order valence-corrected chi connectivity index (χ2v) is 6.47. The van der Waals surface area contributed by atoms with Gasteiger partial charge >= 0.3 is 11.9 Å². The van der Waals surface area contributed by atoms with E-state index in [9.17, 15) is 9.59 Å². The molecule has 1 heterocycles. The third-order valence-corrected chi connectivity index (χ3v) is 4.30. The summed E-state index contributed by atoms with van der Waals surface area (Å²) in [5.74, 6) is -1.44. The Morgan fingerprint density at radius 1 is 0.969 bits per heavy atom. The molecular formula is C23H22N4O5. The number of esters is 2. The van der Waals surface area contributed by atoms with E-state index in [0.29, 0.717) is 17.0 Å². The maximum absolute atomic E-state index is 12.1. The standard InChI is InChI=1S/C23H22N4O5/c1-16-20(26-27(25-16)18-12-8-5-9-13-18)15-32-22(17-10-6-4-7-11-17)24-19(23(29)31-3)14-21(28)30-2/h4-14H,15H2,1-3H3/b19-14+,24-22?. The van der Waals surface area contributed by atoms with Gasteiger partial charge in [0.05, 0.1) is 31.7 Å². The molecule has 0 aliphatic heterocycles. The fraction of sp³-hybridized carbons (Fsp3) is 0.174. The number of methoxy groups -OCH3 is 2. The van der Waals surface area contributed by atoms with Crippen molar-refractivity contribution in [3.8, 4) is 5.69 Å². The van der Waals surface area contributed by atoms with E-state index >= 15 is 0 Å². The van der Waals surface area contributed by atoms with Gasteiger partial charge in [0.15, 0.2) is 5.70 Å². The number of ether oxygens (including phenoxy) is 3. The lowest BCUT2D eigenvalue weighted by Crippen LogP contribution is -2.13. The minimum Gasteiger partial charge on any atom is -0.471 e. The zero-order valence-electron chi connectivity index (χ0n) is 17.9. The minimum absolute atomic E-state index is 0.0407. The molecule has 9 heteroatoms. The molecule has 0 saturated heterocycles. The number of hydrogen-bond donors (Lipinski definition) is 0. The molecule has 0 unspecified atom stereocenters. The predicted octanol–water partition coefficient (Wildman–Crippen LogP) is 2.77. The fourth-order valence-electron chi connectivity index (χ4n) is 2.64. The average Bonchev–Trinajstić information content (AvgIpc) is 3.21. The minimum atomic E-state index is -0.807. The van der Waals surface area contributed by atoms with Crippen molar-refractivity contribution in [1.29, 1.82) is 0 Å². The van der Waals surface area contributed by atoms with Crippen LogP contribution in [0.15, 0.2) is 77.4 Å². The molecule has 0 radical (unpaired) electrons. The Morgan fingerprint density at radius 3 is 2.25 bits per heavy atom. The molecule has 3 aromatic rings. The van der Waals surface area contributed by atoms with Crippen LogP contribution in [0.2, 0.25) is 0 Å². The van der Waals surface area contributed by atoms with Gasteiger partial charge in [-0.05, 0) is 31.2 Å². The van der Waals surface area contributed by atoms with E-state index in [-0.39, 0.29) is 18.2 Å². The molecule has 1 aromatic heterocycles. The van der Waals surface area contributed by atoms with Gasteiger partial charge < -0.3 is 14.2 Å². The van der Waals surface area contributed by atoms with Crippen molar-refractivity contribution in [2.75, 3.05) is 14.2 Å².